The molecule has 1 amide bonds. The Balaban J connectivity index is 1.72. The Kier molecular flexibility index (Phi) is 6.51. The minimum atomic E-state index is 0.0324. The van der Waals surface area contributed by atoms with Gasteiger partial charge in [0, 0.05) is 42.7 Å². The van der Waals surface area contributed by atoms with Crippen molar-refractivity contribution in [3.63, 3.8) is 0 Å². The molecule has 1 aliphatic heterocycles. The molecule has 2 aromatic carbocycles. The largest absolute Gasteiger partial charge is 0.370 e. The number of benzene rings is 2. The zero-order valence-electron chi connectivity index (χ0n) is 15.9. The molecule has 2 aromatic rings. The van der Waals surface area contributed by atoms with Crippen molar-refractivity contribution in [3.8, 4) is 0 Å². The van der Waals surface area contributed by atoms with Crippen LogP contribution in [0.3, 0.4) is 0 Å². The van der Waals surface area contributed by atoms with Crippen LogP contribution in [0.15, 0.2) is 53.5 Å². The number of amidine groups is 1. The highest BCUT2D eigenvalue weighted by Crippen LogP contribution is 2.17. The van der Waals surface area contributed by atoms with E-state index in [-0.39, 0.29) is 11.9 Å². The number of amides is 1. The number of rotatable bonds is 6. The number of hydrogen-bond acceptors (Lipinski definition) is 3. The van der Waals surface area contributed by atoms with Gasteiger partial charge in [0.15, 0.2) is 0 Å². The minimum Gasteiger partial charge on any atom is -0.370 e. The van der Waals surface area contributed by atoms with Gasteiger partial charge in [-0.15, -0.1) is 0 Å². The monoisotopic (exact) mass is 383 g/mol. The smallest absolute Gasteiger partial charge is 0.254 e. The van der Waals surface area contributed by atoms with E-state index in [0.717, 1.165) is 36.3 Å². The lowest BCUT2D eigenvalue weighted by Crippen LogP contribution is -2.36. The molecule has 5 heteroatoms. The van der Waals surface area contributed by atoms with Crippen molar-refractivity contribution in [1.82, 2.24) is 10.2 Å². The zero-order chi connectivity index (χ0) is 19.2. The Morgan fingerprint density at radius 1 is 1.19 bits per heavy atom. The number of nitrogens with zero attached hydrogens (tertiary/aromatic N) is 2. The summed E-state index contributed by atoms with van der Waals surface area (Å²) in [5.74, 6) is 1.10. The van der Waals surface area contributed by atoms with Crippen LogP contribution in [0.1, 0.15) is 48.2 Å². The molecule has 1 aliphatic rings. The Hall–Kier alpha value is -2.33. The molecule has 3 rings (SSSR count). The first kappa shape index (κ1) is 19.4. The molecule has 0 unspecified atom stereocenters. The SMILES string of the molecule is CC(C)N(Cc1cccc(Cl)c1)C(=O)c1cccc(CNC2=NCCC2)c1. The molecule has 0 saturated heterocycles. The van der Waals surface area contributed by atoms with Crippen molar-refractivity contribution in [3.05, 3.63) is 70.2 Å². The maximum atomic E-state index is 13.1. The van der Waals surface area contributed by atoms with Crippen molar-refractivity contribution in [1.29, 1.82) is 0 Å². The summed E-state index contributed by atoms with van der Waals surface area (Å²) in [5, 5.41) is 4.06. The number of aliphatic imine (C=N–C) groups is 1. The number of hydrogen-bond donors (Lipinski definition) is 1. The second-order valence-electron chi connectivity index (χ2n) is 7.14. The third-order valence-corrected chi connectivity index (χ3v) is 4.91. The van der Waals surface area contributed by atoms with E-state index in [1.165, 1.54) is 0 Å². The highest BCUT2D eigenvalue weighted by molar-refractivity contribution is 6.30. The van der Waals surface area contributed by atoms with E-state index in [4.69, 9.17) is 11.6 Å². The second kappa shape index (κ2) is 9.05. The first-order chi connectivity index (χ1) is 13.0. The summed E-state index contributed by atoms with van der Waals surface area (Å²) in [5.41, 5.74) is 2.82. The molecule has 1 heterocycles. The van der Waals surface area contributed by atoms with E-state index in [1.807, 2.05) is 67.3 Å². The first-order valence-corrected chi connectivity index (χ1v) is 9.82. The Bertz CT molecular complexity index is 832. The first-order valence-electron chi connectivity index (χ1n) is 9.44. The summed E-state index contributed by atoms with van der Waals surface area (Å²) in [4.78, 5) is 19.4. The molecular formula is C22H26ClN3O. The van der Waals surface area contributed by atoms with E-state index < -0.39 is 0 Å². The zero-order valence-corrected chi connectivity index (χ0v) is 16.7. The van der Waals surface area contributed by atoms with Crippen molar-refractivity contribution >= 4 is 23.3 Å². The van der Waals surface area contributed by atoms with E-state index in [1.54, 1.807) is 0 Å². The van der Waals surface area contributed by atoms with Gasteiger partial charge < -0.3 is 10.2 Å². The highest BCUT2D eigenvalue weighted by Gasteiger charge is 2.19. The van der Waals surface area contributed by atoms with Gasteiger partial charge in [-0.2, -0.15) is 0 Å². The fourth-order valence-electron chi connectivity index (χ4n) is 3.19. The summed E-state index contributed by atoms with van der Waals surface area (Å²) in [6.45, 7) is 6.21. The maximum Gasteiger partial charge on any atom is 0.254 e. The topological polar surface area (TPSA) is 44.7 Å². The van der Waals surface area contributed by atoms with E-state index in [0.29, 0.717) is 23.7 Å². The van der Waals surface area contributed by atoms with Crippen LogP contribution < -0.4 is 5.32 Å². The lowest BCUT2D eigenvalue weighted by molar-refractivity contribution is 0.0690. The average Bonchev–Trinajstić information content (AvgIpc) is 3.18. The molecule has 0 bridgehead atoms. The fraction of sp³-hybridized carbons (Fsp3) is 0.364. The van der Waals surface area contributed by atoms with Gasteiger partial charge in [0.05, 0.1) is 5.84 Å². The van der Waals surface area contributed by atoms with Crippen molar-refractivity contribution in [2.45, 2.75) is 45.8 Å². The van der Waals surface area contributed by atoms with E-state index >= 15 is 0 Å². The summed E-state index contributed by atoms with van der Waals surface area (Å²) in [7, 11) is 0. The van der Waals surface area contributed by atoms with Gasteiger partial charge in [0.2, 0.25) is 0 Å². The second-order valence-corrected chi connectivity index (χ2v) is 7.58. The third-order valence-electron chi connectivity index (χ3n) is 4.67. The van der Waals surface area contributed by atoms with Gasteiger partial charge in [-0.25, -0.2) is 0 Å². The van der Waals surface area contributed by atoms with Crippen molar-refractivity contribution in [2.24, 2.45) is 4.99 Å². The van der Waals surface area contributed by atoms with Gasteiger partial charge in [0.1, 0.15) is 0 Å². The predicted molar refractivity (Wildman–Crippen MR) is 111 cm³/mol. The fourth-order valence-corrected chi connectivity index (χ4v) is 3.40. The van der Waals surface area contributed by atoms with Crippen LogP contribution in [-0.4, -0.2) is 29.2 Å². The number of carbonyl (C=O) groups excluding carboxylic acids is 1. The van der Waals surface area contributed by atoms with Crippen LogP contribution in [0.5, 0.6) is 0 Å². The number of carbonyl (C=O) groups is 1. The lowest BCUT2D eigenvalue weighted by Gasteiger charge is -2.27. The summed E-state index contributed by atoms with van der Waals surface area (Å²) in [6, 6.07) is 15.6. The quantitative estimate of drug-likeness (QED) is 0.787. The van der Waals surface area contributed by atoms with Crippen LogP contribution >= 0.6 is 11.6 Å². The molecule has 4 nitrogen and oxygen atoms in total. The average molecular weight is 384 g/mol. The predicted octanol–water partition coefficient (Wildman–Crippen LogP) is 4.67. The third kappa shape index (κ3) is 5.33. The van der Waals surface area contributed by atoms with Crippen LogP contribution in [0.2, 0.25) is 5.02 Å². The Morgan fingerprint density at radius 3 is 2.67 bits per heavy atom. The summed E-state index contributed by atoms with van der Waals surface area (Å²) >= 11 is 6.09. The Labute approximate surface area is 166 Å². The minimum absolute atomic E-state index is 0.0324. The molecule has 0 fully saturated rings. The normalized spacial score (nSPS) is 13.6. The molecule has 27 heavy (non-hydrogen) atoms. The molecular weight excluding hydrogens is 358 g/mol. The van der Waals surface area contributed by atoms with Crippen LogP contribution in [0.4, 0.5) is 0 Å². The summed E-state index contributed by atoms with van der Waals surface area (Å²) < 4.78 is 0. The van der Waals surface area contributed by atoms with Gasteiger partial charge in [-0.1, -0.05) is 35.9 Å². The lowest BCUT2D eigenvalue weighted by atomic mass is 10.1. The van der Waals surface area contributed by atoms with Gasteiger partial charge >= 0.3 is 0 Å². The Morgan fingerprint density at radius 2 is 1.96 bits per heavy atom. The molecule has 0 radical (unpaired) electrons. The molecule has 1 N–H and O–H groups in total. The van der Waals surface area contributed by atoms with E-state index in [9.17, 15) is 4.79 Å². The molecule has 0 atom stereocenters. The van der Waals surface area contributed by atoms with Crippen LogP contribution in [-0.2, 0) is 13.1 Å². The standard InChI is InChI=1S/C22H26ClN3O/c1-16(2)26(15-18-7-4-9-20(23)13-18)22(27)19-8-3-6-17(12-19)14-25-21-10-5-11-24-21/h3-4,6-9,12-13,16H,5,10-11,14-15H2,1-2H3,(H,24,25). The van der Waals surface area contributed by atoms with Gasteiger partial charge in [0.25, 0.3) is 5.91 Å². The van der Waals surface area contributed by atoms with E-state index in [2.05, 4.69) is 10.3 Å². The van der Waals surface area contributed by atoms with Crippen LogP contribution in [0, 0.1) is 0 Å². The summed E-state index contributed by atoms with van der Waals surface area (Å²) in [6.07, 6.45) is 2.13. The van der Waals surface area contributed by atoms with Gasteiger partial charge in [-0.3, -0.25) is 9.79 Å². The molecule has 142 valence electrons. The molecule has 0 spiro atoms. The van der Waals surface area contributed by atoms with Crippen LogP contribution in [0.25, 0.3) is 0 Å². The van der Waals surface area contributed by atoms with Crippen molar-refractivity contribution in [2.75, 3.05) is 6.54 Å². The highest BCUT2D eigenvalue weighted by atomic mass is 35.5. The maximum absolute atomic E-state index is 13.1. The molecule has 0 aliphatic carbocycles. The number of nitrogens with one attached hydrogen (secondary N) is 1. The molecule has 0 saturated carbocycles. The number of halogens is 1. The van der Waals surface area contributed by atoms with Crippen molar-refractivity contribution < 1.29 is 4.79 Å². The molecule has 0 aromatic heterocycles. The van der Waals surface area contributed by atoms with Gasteiger partial charge in [-0.05, 0) is 55.7 Å².